The van der Waals surface area contributed by atoms with Gasteiger partial charge in [0.2, 0.25) is 0 Å². The summed E-state index contributed by atoms with van der Waals surface area (Å²) in [6.07, 6.45) is 0.125. The third-order valence-electron chi connectivity index (χ3n) is 1.50. The molecule has 0 bridgehead atoms. The molecule has 0 radical (unpaired) electrons. The van der Waals surface area contributed by atoms with Crippen LogP contribution >= 0.6 is 0 Å². The van der Waals surface area contributed by atoms with Crippen molar-refractivity contribution in [1.82, 2.24) is 0 Å². The van der Waals surface area contributed by atoms with Gasteiger partial charge in [-0.15, -0.1) is 0 Å². The maximum atomic E-state index is 10.5. The number of hydrogen-bond acceptors (Lipinski definition) is 3. The monoisotopic (exact) mass is 130 g/mol. The number of cyclic esters (lactones) is 1. The maximum absolute atomic E-state index is 10.5. The van der Waals surface area contributed by atoms with Crippen LogP contribution in [-0.2, 0) is 9.53 Å². The molecule has 2 atom stereocenters. The second kappa shape index (κ2) is 2.35. The molecule has 0 aliphatic carbocycles. The molecule has 3 nitrogen and oxygen atoms in total. The third kappa shape index (κ3) is 1.42. The number of hydrogen-bond donors (Lipinski definition) is 1. The topological polar surface area (TPSA) is 46.5 Å². The molecule has 0 aromatic carbocycles. The summed E-state index contributed by atoms with van der Waals surface area (Å²) < 4.78 is 4.71. The van der Waals surface area contributed by atoms with Gasteiger partial charge in [0.25, 0.3) is 0 Å². The standard InChI is InChI=1S/C6H10O3/c1-4-5(7)2-3-6(8)9-4/h4-5,7H,2-3H2,1H3. The van der Waals surface area contributed by atoms with E-state index < -0.39 is 6.10 Å². The third-order valence-corrected chi connectivity index (χ3v) is 1.50. The van der Waals surface area contributed by atoms with Crippen LogP contribution in [0.15, 0.2) is 0 Å². The van der Waals surface area contributed by atoms with Gasteiger partial charge in [-0.2, -0.15) is 0 Å². The lowest BCUT2D eigenvalue weighted by Gasteiger charge is -2.23. The molecule has 1 heterocycles. The molecular weight excluding hydrogens is 120 g/mol. The highest BCUT2D eigenvalue weighted by Gasteiger charge is 2.24. The lowest BCUT2D eigenvalue weighted by molar-refractivity contribution is -0.161. The van der Waals surface area contributed by atoms with Crippen molar-refractivity contribution in [2.75, 3.05) is 0 Å². The van der Waals surface area contributed by atoms with Crippen LogP contribution in [0, 0.1) is 0 Å². The van der Waals surface area contributed by atoms with Gasteiger partial charge in [-0.3, -0.25) is 4.79 Å². The lowest BCUT2D eigenvalue weighted by Crippen LogP contribution is -2.33. The van der Waals surface area contributed by atoms with Gasteiger partial charge in [0.15, 0.2) is 0 Å². The number of ether oxygens (including phenoxy) is 1. The molecule has 0 spiro atoms. The molecule has 0 saturated carbocycles. The Balaban J connectivity index is 2.44. The number of carbonyl (C=O) groups excluding carboxylic acids is 1. The van der Waals surface area contributed by atoms with Crippen molar-refractivity contribution < 1.29 is 14.6 Å². The zero-order valence-corrected chi connectivity index (χ0v) is 5.33. The van der Waals surface area contributed by atoms with E-state index in [0.717, 1.165) is 0 Å². The largest absolute Gasteiger partial charge is 0.460 e. The second-order valence-electron chi connectivity index (χ2n) is 2.30. The van der Waals surface area contributed by atoms with E-state index in [1.54, 1.807) is 6.92 Å². The molecule has 1 rings (SSSR count). The second-order valence-corrected chi connectivity index (χ2v) is 2.30. The number of esters is 1. The zero-order chi connectivity index (χ0) is 6.85. The normalized spacial score (nSPS) is 36.0. The molecular formula is C6H10O3. The van der Waals surface area contributed by atoms with Gasteiger partial charge in [0.1, 0.15) is 6.10 Å². The van der Waals surface area contributed by atoms with E-state index in [2.05, 4.69) is 0 Å². The molecule has 0 aromatic heterocycles. The Kier molecular flexibility index (Phi) is 1.71. The minimum atomic E-state index is -0.456. The lowest BCUT2D eigenvalue weighted by atomic mass is 10.1. The maximum Gasteiger partial charge on any atom is 0.306 e. The molecule has 2 unspecified atom stereocenters. The summed E-state index contributed by atoms with van der Waals surface area (Å²) in [5, 5.41) is 9.02. The minimum Gasteiger partial charge on any atom is -0.460 e. The van der Waals surface area contributed by atoms with Gasteiger partial charge in [0, 0.05) is 6.42 Å². The first kappa shape index (κ1) is 6.55. The molecule has 1 aliphatic rings. The number of aliphatic hydroxyl groups is 1. The van der Waals surface area contributed by atoms with Crippen molar-refractivity contribution >= 4 is 5.97 Å². The first-order chi connectivity index (χ1) is 4.20. The molecule has 9 heavy (non-hydrogen) atoms. The number of carbonyl (C=O) groups is 1. The average molecular weight is 130 g/mol. The van der Waals surface area contributed by atoms with Crippen molar-refractivity contribution in [1.29, 1.82) is 0 Å². The Bertz CT molecular complexity index is 121. The summed E-state index contributed by atoms with van der Waals surface area (Å²) >= 11 is 0. The van der Waals surface area contributed by atoms with Gasteiger partial charge in [-0.25, -0.2) is 0 Å². The van der Waals surface area contributed by atoms with Crippen molar-refractivity contribution in [3.8, 4) is 0 Å². The van der Waals surface area contributed by atoms with Crippen LogP contribution in [0.4, 0.5) is 0 Å². The Morgan fingerprint density at radius 1 is 1.78 bits per heavy atom. The average Bonchev–Trinajstić information content (AvgIpc) is 1.80. The molecule has 52 valence electrons. The fourth-order valence-electron chi connectivity index (χ4n) is 0.845. The summed E-state index contributed by atoms with van der Waals surface area (Å²) in [5.74, 6) is -0.201. The van der Waals surface area contributed by atoms with E-state index in [-0.39, 0.29) is 12.1 Å². The van der Waals surface area contributed by atoms with Crippen molar-refractivity contribution in [2.45, 2.75) is 32.0 Å². The predicted octanol–water partition coefficient (Wildman–Crippen LogP) is 0.0728. The minimum absolute atomic E-state index is 0.201. The fraction of sp³-hybridized carbons (Fsp3) is 0.833. The van der Waals surface area contributed by atoms with Crippen LogP contribution < -0.4 is 0 Å². The summed E-state index contributed by atoms with van der Waals surface area (Å²) in [6, 6.07) is 0. The summed E-state index contributed by atoms with van der Waals surface area (Å²) in [6.45, 7) is 1.70. The van der Waals surface area contributed by atoms with Gasteiger partial charge < -0.3 is 9.84 Å². The van der Waals surface area contributed by atoms with Gasteiger partial charge >= 0.3 is 5.97 Å². The molecule has 1 N–H and O–H groups in total. The Labute approximate surface area is 53.6 Å². The van der Waals surface area contributed by atoms with Crippen LogP contribution in [-0.4, -0.2) is 23.3 Å². The van der Waals surface area contributed by atoms with Crippen LogP contribution in [0.2, 0.25) is 0 Å². The quantitative estimate of drug-likeness (QED) is 0.472. The van der Waals surface area contributed by atoms with E-state index in [0.29, 0.717) is 12.8 Å². The van der Waals surface area contributed by atoms with E-state index in [1.165, 1.54) is 0 Å². The first-order valence-corrected chi connectivity index (χ1v) is 3.07. The Morgan fingerprint density at radius 3 is 2.89 bits per heavy atom. The predicted molar refractivity (Wildman–Crippen MR) is 30.8 cm³/mol. The van der Waals surface area contributed by atoms with E-state index in [9.17, 15) is 4.79 Å². The van der Waals surface area contributed by atoms with Crippen LogP contribution in [0.5, 0.6) is 0 Å². The Morgan fingerprint density at radius 2 is 2.44 bits per heavy atom. The number of rotatable bonds is 0. The summed E-state index contributed by atoms with van der Waals surface area (Å²) in [4.78, 5) is 10.5. The van der Waals surface area contributed by atoms with Crippen molar-refractivity contribution in [3.63, 3.8) is 0 Å². The smallest absolute Gasteiger partial charge is 0.306 e. The Hall–Kier alpha value is -0.570. The molecule has 0 amide bonds. The fourth-order valence-corrected chi connectivity index (χ4v) is 0.845. The highest BCUT2D eigenvalue weighted by Crippen LogP contribution is 2.13. The molecule has 0 aromatic rings. The van der Waals surface area contributed by atoms with Crippen molar-refractivity contribution in [3.05, 3.63) is 0 Å². The van der Waals surface area contributed by atoms with E-state index in [1.807, 2.05) is 0 Å². The number of aliphatic hydroxyl groups excluding tert-OH is 1. The van der Waals surface area contributed by atoms with Crippen LogP contribution in [0.25, 0.3) is 0 Å². The molecule has 1 aliphatic heterocycles. The molecule has 3 heteroatoms. The van der Waals surface area contributed by atoms with Gasteiger partial charge in [-0.05, 0) is 13.3 Å². The highest BCUT2D eigenvalue weighted by atomic mass is 16.6. The van der Waals surface area contributed by atoms with Crippen molar-refractivity contribution in [2.24, 2.45) is 0 Å². The first-order valence-electron chi connectivity index (χ1n) is 3.07. The van der Waals surface area contributed by atoms with Crippen LogP contribution in [0.3, 0.4) is 0 Å². The molecule has 1 saturated heterocycles. The summed E-state index contributed by atoms with van der Waals surface area (Å²) in [7, 11) is 0. The van der Waals surface area contributed by atoms with Gasteiger partial charge in [0.05, 0.1) is 6.10 Å². The van der Waals surface area contributed by atoms with Crippen LogP contribution in [0.1, 0.15) is 19.8 Å². The van der Waals surface area contributed by atoms with Gasteiger partial charge in [-0.1, -0.05) is 0 Å². The SMILES string of the molecule is CC1OC(=O)CCC1O. The highest BCUT2D eigenvalue weighted by molar-refractivity contribution is 5.70. The van der Waals surface area contributed by atoms with E-state index in [4.69, 9.17) is 9.84 Å². The summed E-state index contributed by atoms with van der Waals surface area (Å²) in [5.41, 5.74) is 0. The van der Waals surface area contributed by atoms with E-state index >= 15 is 0 Å². The molecule has 1 fully saturated rings. The zero-order valence-electron chi connectivity index (χ0n) is 5.33.